The summed E-state index contributed by atoms with van der Waals surface area (Å²) in [7, 11) is 1.25. The van der Waals surface area contributed by atoms with E-state index >= 15 is 0 Å². The average molecular weight is 553 g/mol. The Bertz CT molecular complexity index is 794. The minimum atomic E-state index is 0.404. The first-order chi connectivity index (χ1) is 13.5. The fraction of sp³-hybridized carbons (Fsp3) is 0.364. The van der Waals surface area contributed by atoms with Crippen molar-refractivity contribution in [3.63, 3.8) is 0 Å². The van der Waals surface area contributed by atoms with Gasteiger partial charge in [-0.1, -0.05) is 76.2 Å². The molecule has 0 aliphatic carbocycles. The Morgan fingerprint density at radius 3 is 2.00 bits per heavy atom. The van der Waals surface area contributed by atoms with Crippen LogP contribution < -0.4 is 0 Å². The summed E-state index contributed by atoms with van der Waals surface area (Å²) in [6, 6.07) is 16.7. The van der Waals surface area contributed by atoms with Gasteiger partial charge in [0.15, 0.2) is 0 Å². The Hall–Kier alpha value is -0.966. The SMILES string of the molecule is CC(C)c1cccc(C(C)C)c1N=C(C1=NCCO1)c1ccccc1.[Br][Ni][Br]. The molecule has 0 aromatic heterocycles. The molecule has 0 amide bonds. The predicted molar refractivity (Wildman–Crippen MR) is 123 cm³/mol. The first-order valence-electron chi connectivity index (χ1n) is 9.26. The average Bonchev–Trinajstić information content (AvgIpc) is 3.21. The molecule has 1 aliphatic rings. The zero-order valence-electron chi connectivity index (χ0n) is 16.6. The van der Waals surface area contributed by atoms with E-state index in [1.54, 1.807) is 0 Å². The second kappa shape index (κ2) is 11.9. The van der Waals surface area contributed by atoms with E-state index in [2.05, 4.69) is 91.5 Å². The van der Waals surface area contributed by atoms with Gasteiger partial charge >= 0.3 is 39.3 Å². The van der Waals surface area contributed by atoms with Gasteiger partial charge in [0.25, 0.3) is 0 Å². The van der Waals surface area contributed by atoms with Gasteiger partial charge in [0.05, 0.1) is 12.2 Å². The number of aliphatic imine (C=N–C) groups is 2. The zero-order valence-corrected chi connectivity index (χ0v) is 20.7. The molecule has 6 heteroatoms. The third kappa shape index (κ3) is 6.27. The standard InChI is InChI=1S/C22H26N2O.2BrH.Ni/c1-15(2)18-11-8-12-19(16(3)4)21(18)24-20(22-23-13-14-25-22)17-9-6-5-7-10-17;;;/h5-12,15-16H,13-14H2,1-4H3;2*1H;/q;;;+2/p-2. The van der Waals surface area contributed by atoms with Crippen molar-refractivity contribution in [2.75, 3.05) is 13.2 Å². The van der Waals surface area contributed by atoms with Crippen LogP contribution in [-0.2, 0) is 15.6 Å². The minimum absolute atomic E-state index is 0.404. The number of benzene rings is 2. The summed E-state index contributed by atoms with van der Waals surface area (Å²) < 4.78 is 5.76. The molecule has 0 unspecified atom stereocenters. The van der Waals surface area contributed by atoms with Crippen LogP contribution in [0.1, 0.15) is 56.2 Å². The Labute approximate surface area is 188 Å². The molecule has 0 spiro atoms. The van der Waals surface area contributed by atoms with E-state index in [-0.39, 0.29) is 0 Å². The van der Waals surface area contributed by atoms with Crippen molar-refractivity contribution in [3.8, 4) is 0 Å². The van der Waals surface area contributed by atoms with Crippen LogP contribution >= 0.6 is 28.5 Å². The molecule has 28 heavy (non-hydrogen) atoms. The van der Waals surface area contributed by atoms with Gasteiger partial charge in [-0.3, -0.25) is 0 Å². The van der Waals surface area contributed by atoms with Crippen LogP contribution in [0.15, 0.2) is 58.5 Å². The Morgan fingerprint density at radius 2 is 1.54 bits per heavy atom. The van der Waals surface area contributed by atoms with Crippen LogP contribution in [0.2, 0.25) is 0 Å². The van der Waals surface area contributed by atoms with Crippen LogP contribution in [0, 0.1) is 0 Å². The van der Waals surface area contributed by atoms with Crippen molar-refractivity contribution in [2.24, 2.45) is 9.98 Å². The van der Waals surface area contributed by atoms with Crippen molar-refractivity contribution >= 4 is 45.7 Å². The summed E-state index contributed by atoms with van der Waals surface area (Å²) in [5, 5.41) is 0. The van der Waals surface area contributed by atoms with Gasteiger partial charge in [-0.05, 0) is 23.0 Å². The first kappa shape index (κ1) is 23.3. The predicted octanol–water partition coefficient (Wildman–Crippen LogP) is 7.17. The molecule has 3 nitrogen and oxygen atoms in total. The molecule has 1 heterocycles. The molecule has 2 aromatic carbocycles. The fourth-order valence-electron chi connectivity index (χ4n) is 3.06. The second-order valence-electron chi connectivity index (χ2n) is 7.00. The second-order valence-corrected chi connectivity index (χ2v) is 12.0. The Balaban J connectivity index is 0.000000878. The molecule has 2 aromatic rings. The first-order valence-corrected chi connectivity index (χ1v) is 14.1. The summed E-state index contributed by atoms with van der Waals surface area (Å²) in [5.41, 5.74) is 5.45. The molecule has 0 N–H and O–H groups in total. The number of nitrogens with zero attached hydrogens (tertiary/aromatic N) is 2. The van der Waals surface area contributed by atoms with E-state index in [1.807, 2.05) is 18.2 Å². The summed E-state index contributed by atoms with van der Waals surface area (Å²) in [4.78, 5) is 9.64. The molecule has 0 saturated carbocycles. The van der Waals surface area contributed by atoms with Crippen molar-refractivity contribution in [1.29, 1.82) is 0 Å². The number of halogens is 2. The number of hydrogen-bond acceptors (Lipinski definition) is 3. The molecule has 3 rings (SSSR count). The van der Waals surface area contributed by atoms with Gasteiger partial charge in [-0.15, -0.1) is 0 Å². The molecular weight excluding hydrogens is 527 g/mol. The molecule has 0 fully saturated rings. The molecule has 0 saturated heterocycles. The van der Waals surface area contributed by atoms with Gasteiger partial charge in [0.2, 0.25) is 5.90 Å². The molecular formula is C22H26Br2N2NiO. The normalized spacial score (nSPS) is 14.0. The maximum atomic E-state index is 5.76. The summed E-state index contributed by atoms with van der Waals surface area (Å²) in [6.45, 7) is 10.2. The number of para-hydroxylation sites is 1. The maximum absolute atomic E-state index is 5.76. The van der Waals surface area contributed by atoms with Gasteiger partial charge in [0, 0.05) is 5.56 Å². The third-order valence-electron chi connectivity index (χ3n) is 4.40. The van der Waals surface area contributed by atoms with E-state index < -0.39 is 0 Å². The number of ether oxygens (including phenoxy) is 1. The molecule has 0 radical (unpaired) electrons. The summed E-state index contributed by atoms with van der Waals surface area (Å²) in [6.07, 6.45) is 0. The van der Waals surface area contributed by atoms with Gasteiger partial charge in [-0.2, -0.15) is 0 Å². The van der Waals surface area contributed by atoms with E-state index in [9.17, 15) is 0 Å². The van der Waals surface area contributed by atoms with Crippen molar-refractivity contribution in [1.82, 2.24) is 0 Å². The van der Waals surface area contributed by atoms with E-state index in [1.165, 1.54) is 22.0 Å². The van der Waals surface area contributed by atoms with E-state index in [4.69, 9.17) is 9.73 Å². The monoisotopic (exact) mass is 550 g/mol. The molecule has 0 atom stereocenters. The van der Waals surface area contributed by atoms with E-state index in [0.29, 0.717) is 30.9 Å². The number of hydrogen-bond donors (Lipinski definition) is 0. The topological polar surface area (TPSA) is 34.0 Å². The third-order valence-corrected chi connectivity index (χ3v) is 4.40. The summed E-state index contributed by atoms with van der Waals surface area (Å²) in [5.74, 6) is 1.46. The fourth-order valence-corrected chi connectivity index (χ4v) is 3.06. The van der Waals surface area contributed by atoms with Crippen LogP contribution in [0.25, 0.3) is 0 Å². The zero-order chi connectivity index (χ0) is 20.5. The van der Waals surface area contributed by atoms with Crippen molar-refractivity contribution in [2.45, 2.75) is 39.5 Å². The summed E-state index contributed by atoms with van der Waals surface area (Å²) >= 11 is 6.00. The van der Waals surface area contributed by atoms with E-state index in [0.717, 1.165) is 17.0 Å². The van der Waals surface area contributed by atoms with Gasteiger partial charge in [-0.25, -0.2) is 9.98 Å². The molecule has 154 valence electrons. The quantitative estimate of drug-likeness (QED) is 0.286. The van der Waals surface area contributed by atoms with Crippen LogP contribution in [0.5, 0.6) is 0 Å². The van der Waals surface area contributed by atoms with Crippen molar-refractivity contribution in [3.05, 3.63) is 65.2 Å². The van der Waals surface area contributed by atoms with Gasteiger partial charge in [0.1, 0.15) is 12.3 Å². The number of rotatable bonds is 5. The Morgan fingerprint density at radius 1 is 0.964 bits per heavy atom. The Kier molecular flexibility index (Phi) is 9.90. The van der Waals surface area contributed by atoms with Gasteiger partial charge < -0.3 is 4.74 Å². The molecule has 1 aliphatic heterocycles. The molecule has 0 bridgehead atoms. The van der Waals surface area contributed by atoms with Crippen LogP contribution in [-0.4, -0.2) is 24.8 Å². The van der Waals surface area contributed by atoms with Crippen molar-refractivity contribution < 1.29 is 15.6 Å². The van der Waals surface area contributed by atoms with Crippen LogP contribution in [0.4, 0.5) is 5.69 Å². The van der Waals surface area contributed by atoms with Crippen LogP contribution in [0.3, 0.4) is 0 Å².